The summed E-state index contributed by atoms with van der Waals surface area (Å²) in [5.74, 6) is 1.13. The predicted molar refractivity (Wildman–Crippen MR) is 57.6 cm³/mol. The molecule has 0 unspecified atom stereocenters. The number of nitrogens with zero attached hydrogens (tertiary/aromatic N) is 2. The first-order valence-corrected chi connectivity index (χ1v) is 5.61. The molecule has 5 heteroatoms. The van der Waals surface area contributed by atoms with E-state index in [2.05, 4.69) is 22.2 Å². The van der Waals surface area contributed by atoms with Gasteiger partial charge in [-0.3, -0.25) is 0 Å². The second kappa shape index (κ2) is 3.59. The third-order valence-corrected chi connectivity index (χ3v) is 3.23. The van der Waals surface area contributed by atoms with Crippen LogP contribution in [0.1, 0.15) is 31.5 Å². The lowest BCUT2D eigenvalue weighted by Gasteiger charge is -2.29. The minimum absolute atomic E-state index is 0.179. The van der Waals surface area contributed by atoms with Crippen LogP contribution in [0.4, 0.5) is 0 Å². The molecule has 1 fully saturated rings. The summed E-state index contributed by atoms with van der Waals surface area (Å²) in [7, 11) is 1.58. The summed E-state index contributed by atoms with van der Waals surface area (Å²) >= 11 is 0. The van der Waals surface area contributed by atoms with Gasteiger partial charge >= 0.3 is 0 Å². The predicted octanol–water partition coefficient (Wildman–Crippen LogP) is 1.06. The van der Waals surface area contributed by atoms with E-state index in [4.69, 9.17) is 9.47 Å². The summed E-state index contributed by atoms with van der Waals surface area (Å²) in [5, 5.41) is 3.50. The average molecular weight is 221 g/mol. The molecule has 1 aromatic heterocycles. The summed E-state index contributed by atoms with van der Waals surface area (Å²) in [5.41, 5.74) is 0.914. The van der Waals surface area contributed by atoms with Gasteiger partial charge in [0.1, 0.15) is 11.8 Å². The molecule has 3 heterocycles. The van der Waals surface area contributed by atoms with Crippen molar-refractivity contribution in [3.05, 3.63) is 11.9 Å². The zero-order valence-corrected chi connectivity index (χ0v) is 9.43. The van der Waals surface area contributed by atoms with Gasteiger partial charge in [0.2, 0.25) is 11.8 Å². The number of rotatable bonds is 1. The molecule has 0 amide bonds. The first-order valence-electron chi connectivity index (χ1n) is 5.61. The molecule has 2 aliphatic heterocycles. The van der Waals surface area contributed by atoms with Crippen molar-refractivity contribution in [3.63, 3.8) is 0 Å². The number of hydrogen-bond donors (Lipinski definition) is 1. The quantitative estimate of drug-likeness (QED) is 0.768. The van der Waals surface area contributed by atoms with E-state index < -0.39 is 0 Å². The summed E-state index contributed by atoms with van der Waals surface area (Å²) in [6, 6.07) is 0.705. The fourth-order valence-electron chi connectivity index (χ4n) is 2.37. The molecule has 1 aromatic rings. The van der Waals surface area contributed by atoms with Crippen molar-refractivity contribution in [2.75, 3.05) is 7.11 Å². The lowest BCUT2D eigenvalue weighted by Crippen LogP contribution is -2.42. The molecule has 5 nitrogen and oxygen atoms in total. The Labute approximate surface area is 94.2 Å². The van der Waals surface area contributed by atoms with Crippen LogP contribution in [-0.2, 0) is 0 Å². The fourth-order valence-corrected chi connectivity index (χ4v) is 2.37. The van der Waals surface area contributed by atoms with Crippen LogP contribution in [-0.4, -0.2) is 29.2 Å². The number of ether oxygens (including phenoxy) is 2. The molecule has 0 aromatic carbocycles. The summed E-state index contributed by atoms with van der Waals surface area (Å²) in [6.07, 6.45) is 4.01. The maximum atomic E-state index is 5.79. The van der Waals surface area contributed by atoms with Crippen LogP contribution in [0, 0.1) is 0 Å². The van der Waals surface area contributed by atoms with Gasteiger partial charge in [0.15, 0.2) is 0 Å². The van der Waals surface area contributed by atoms with Gasteiger partial charge in [-0.15, -0.1) is 0 Å². The van der Waals surface area contributed by atoms with Crippen molar-refractivity contribution in [2.24, 2.45) is 0 Å². The highest BCUT2D eigenvalue weighted by atomic mass is 16.5. The fraction of sp³-hybridized carbons (Fsp3) is 0.636. The van der Waals surface area contributed by atoms with Crippen molar-refractivity contribution in [1.29, 1.82) is 0 Å². The van der Waals surface area contributed by atoms with Gasteiger partial charge in [0, 0.05) is 6.04 Å². The first kappa shape index (κ1) is 9.84. The third-order valence-electron chi connectivity index (χ3n) is 3.23. The summed E-state index contributed by atoms with van der Waals surface area (Å²) in [4.78, 5) is 8.65. The molecule has 0 bridgehead atoms. The molecular weight excluding hydrogens is 206 g/mol. The Balaban J connectivity index is 1.94. The zero-order valence-electron chi connectivity index (χ0n) is 9.43. The van der Waals surface area contributed by atoms with Crippen molar-refractivity contribution in [3.8, 4) is 11.8 Å². The summed E-state index contributed by atoms with van der Waals surface area (Å²) in [6.45, 7) is 2.19. The number of fused-ring (bicyclic) bond motifs is 3. The van der Waals surface area contributed by atoms with E-state index in [9.17, 15) is 0 Å². The average Bonchev–Trinajstić information content (AvgIpc) is 2.66. The molecule has 0 saturated carbocycles. The Hall–Kier alpha value is -1.36. The van der Waals surface area contributed by atoms with Crippen LogP contribution < -0.4 is 14.8 Å². The SMILES string of the molecule is COc1cnc2c(n1)O[C@@H]1CC[C@@H](C)N[C@H]21. The smallest absolute Gasteiger partial charge is 0.241 e. The maximum absolute atomic E-state index is 5.79. The van der Waals surface area contributed by atoms with Crippen molar-refractivity contribution < 1.29 is 9.47 Å². The van der Waals surface area contributed by atoms with E-state index in [-0.39, 0.29) is 12.1 Å². The van der Waals surface area contributed by atoms with E-state index in [1.807, 2.05) is 0 Å². The lowest BCUT2D eigenvalue weighted by molar-refractivity contribution is 0.133. The minimum Gasteiger partial charge on any atom is -0.480 e. The van der Waals surface area contributed by atoms with Crippen LogP contribution in [0.15, 0.2) is 6.20 Å². The van der Waals surface area contributed by atoms with E-state index in [0.29, 0.717) is 17.8 Å². The number of hydrogen-bond acceptors (Lipinski definition) is 5. The molecule has 0 aliphatic carbocycles. The van der Waals surface area contributed by atoms with Gasteiger partial charge in [-0.2, -0.15) is 4.98 Å². The minimum atomic E-state index is 0.179. The monoisotopic (exact) mass is 221 g/mol. The third kappa shape index (κ3) is 1.43. The molecule has 16 heavy (non-hydrogen) atoms. The number of methoxy groups -OCH3 is 1. The van der Waals surface area contributed by atoms with E-state index >= 15 is 0 Å². The molecule has 3 atom stereocenters. The molecule has 0 spiro atoms. The molecular formula is C11H15N3O2. The first-order chi connectivity index (χ1) is 7.78. The van der Waals surface area contributed by atoms with Gasteiger partial charge in [-0.05, 0) is 19.8 Å². The standard InChI is InChI=1S/C11H15N3O2/c1-6-3-4-7-9(13-6)10-11(16-7)14-8(15-2)5-12-10/h5-7,9,13H,3-4H2,1-2H3/t6-,7-,9+/m1/s1. The highest BCUT2D eigenvalue weighted by Gasteiger charge is 2.40. The molecule has 1 saturated heterocycles. The van der Waals surface area contributed by atoms with Gasteiger partial charge < -0.3 is 14.8 Å². The number of piperidine rings is 1. The van der Waals surface area contributed by atoms with Crippen molar-refractivity contribution in [2.45, 2.75) is 38.0 Å². The van der Waals surface area contributed by atoms with E-state index in [1.54, 1.807) is 13.3 Å². The normalized spacial score (nSPS) is 31.5. The lowest BCUT2D eigenvalue weighted by atomic mass is 9.96. The van der Waals surface area contributed by atoms with Crippen LogP contribution in [0.25, 0.3) is 0 Å². The molecule has 2 aliphatic rings. The number of aromatic nitrogens is 2. The Morgan fingerprint density at radius 2 is 2.38 bits per heavy atom. The summed E-state index contributed by atoms with van der Waals surface area (Å²) < 4.78 is 10.8. The van der Waals surface area contributed by atoms with Gasteiger partial charge in [-0.25, -0.2) is 4.98 Å². The Bertz CT molecular complexity index is 410. The van der Waals surface area contributed by atoms with E-state index in [1.165, 1.54) is 0 Å². The highest BCUT2D eigenvalue weighted by Crippen LogP contribution is 2.39. The van der Waals surface area contributed by atoms with E-state index in [0.717, 1.165) is 18.5 Å². The molecule has 3 rings (SSSR count). The maximum Gasteiger partial charge on any atom is 0.241 e. The Morgan fingerprint density at radius 3 is 3.19 bits per heavy atom. The molecule has 1 N–H and O–H groups in total. The van der Waals surface area contributed by atoms with Crippen molar-refractivity contribution >= 4 is 0 Å². The van der Waals surface area contributed by atoms with Crippen molar-refractivity contribution in [1.82, 2.24) is 15.3 Å². The topological polar surface area (TPSA) is 56.3 Å². The largest absolute Gasteiger partial charge is 0.480 e. The van der Waals surface area contributed by atoms with Crippen LogP contribution >= 0.6 is 0 Å². The van der Waals surface area contributed by atoms with Gasteiger partial charge in [0.25, 0.3) is 0 Å². The zero-order chi connectivity index (χ0) is 11.1. The number of nitrogens with one attached hydrogen (secondary N) is 1. The second-order valence-electron chi connectivity index (χ2n) is 4.38. The highest BCUT2D eigenvalue weighted by molar-refractivity contribution is 5.31. The second-order valence-corrected chi connectivity index (χ2v) is 4.38. The van der Waals surface area contributed by atoms with Crippen LogP contribution in [0.2, 0.25) is 0 Å². The van der Waals surface area contributed by atoms with Crippen LogP contribution in [0.3, 0.4) is 0 Å². The molecule has 86 valence electrons. The Morgan fingerprint density at radius 1 is 1.50 bits per heavy atom. The Kier molecular flexibility index (Phi) is 2.21. The van der Waals surface area contributed by atoms with Gasteiger partial charge in [-0.1, -0.05) is 0 Å². The van der Waals surface area contributed by atoms with Gasteiger partial charge in [0.05, 0.1) is 19.3 Å². The molecule has 0 radical (unpaired) electrons. The van der Waals surface area contributed by atoms with Crippen LogP contribution in [0.5, 0.6) is 11.8 Å².